The molecule has 1 fully saturated rings. The van der Waals surface area contributed by atoms with Crippen LogP contribution in [0.4, 0.5) is 0 Å². The Labute approximate surface area is 109 Å². The molecular weight excluding hydrogens is 206 g/mol. The Morgan fingerprint density at radius 2 is 1.65 bits per heavy atom. The summed E-state index contributed by atoms with van der Waals surface area (Å²) in [6, 6.07) is 0.650. The molecule has 0 saturated heterocycles. The highest BCUT2D eigenvalue weighted by molar-refractivity contribution is 4.89. The second kappa shape index (κ2) is 8.13. The Hall–Kier alpha value is -0.0400. The number of hydrogen-bond donors (Lipinski definition) is 1. The van der Waals surface area contributed by atoms with Crippen molar-refractivity contribution in [2.75, 3.05) is 6.54 Å². The van der Waals surface area contributed by atoms with Crippen LogP contribution in [0.3, 0.4) is 0 Å². The molecule has 0 unspecified atom stereocenters. The van der Waals surface area contributed by atoms with Crippen LogP contribution in [0.1, 0.15) is 85.0 Å². The van der Waals surface area contributed by atoms with Gasteiger partial charge in [-0.2, -0.15) is 0 Å². The quantitative estimate of drug-likeness (QED) is 0.534. The fourth-order valence-corrected chi connectivity index (χ4v) is 2.89. The summed E-state index contributed by atoms with van der Waals surface area (Å²) in [4.78, 5) is 0. The van der Waals surface area contributed by atoms with E-state index in [1.54, 1.807) is 0 Å². The lowest BCUT2D eigenvalue weighted by molar-refractivity contribution is 0.109. The molecule has 0 heterocycles. The van der Waals surface area contributed by atoms with E-state index in [1.807, 2.05) is 0 Å². The average Bonchev–Trinajstić information content (AvgIpc) is 2.25. The molecule has 1 nitrogen and oxygen atoms in total. The first-order chi connectivity index (χ1) is 8.18. The number of rotatable bonds is 10. The van der Waals surface area contributed by atoms with Gasteiger partial charge in [-0.3, -0.25) is 0 Å². The zero-order valence-corrected chi connectivity index (χ0v) is 12.4. The van der Waals surface area contributed by atoms with E-state index in [9.17, 15) is 0 Å². The van der Waals surface area contributed by atoms with E-state index >= 15 is 0 Å². The molecule has 1 heteroatoms. The summed E-state index contributed by atoms with van der Waals surface area (Å²) in [5.74, 6) is 0. The summed E-state index contributed by atoms with van der Waals surface area (Å²) in [6.45, 7) is 8.08. The van der Waals surface area contributed by atoms with Crippen molar-refractivity contribution < 1.29 is 0 Å². The fraction of sp³-hybridized carbons (Fsp3) is 1.00. The molecule has 17 heavy (non-hydrogen) atoms. The Morgan fingerprint density at radius 1 is 1.00 bits per heavy atom. The van der Waals surface area contributed by atoms with Gasteiger partial charge in [-0.25, -0.2) is 0 Å². The molecule has 0 spiro atoms. The van der Waals surface area contributed by atoms with E-state index in [2.05, 4.69) is 26.1 Å². The Balaban J connectivity index is 2.05. The van der Waals surface area contributed by atoms with Crippen molar-refractivity contribution in [3.8, 4) is 0 Å². The number of nitrogens with one attached hydrogen (secondary N) is 1. The minimum atomic E-state index is 0.650. The van der Waals surface area contributed by atoms with E-state index in [1.165, 1.54) is 70.8 Å². The molecule has 1 N–H and O–H groups in total. The minimum absolute atomic E-state index is 0.650. The minimum Gasteiger partial charge on any atom is -0.314 e. The van der Waals surface area contributed by atoms with E-state index < -0.39 is 0 Å². The van der Waals surface area contributed by atoms with Crippen molar-refractivity contribution in [3.05, 3.63) is 0 Å². The van der Waals surface area contributed by atoms with Gasteiger partial charge in [0.2, 0.25) is 0 Å². The topological polar surface area (TPSA) is 12.0 Å². The lowest BCUT2D eigenvalue weighted by Crippen LogP contribution is -2.42. The summed E-state index contributed by atoms with van der Waals surface area (Å²) >= 11 is 0. The first kappa shape index (κ1) is 15.0. The molecule has 0 aliphatic heterocycles. The smallest absolute Gasteiger partial charge is 0.00106 e. The Kier molecular flexibility index (Phi) is 7.18. The van der Waals surface area contributed by atoms with Gasteiger partial charge in [0.05, 0.1) is 0 Å². The van der Waals surface area contributed by atoms with Crippen LogP contribution in [0.25, 0.3) is 0 Å². The Bertz CT molecular complexity index is 182. The maximum atomic E-state index is 3.65. The highest BCUT2D eigenvalue weighted by atomic mass is 14.9. The molecule has 102 valence electrons. The predicted molar refractivity (Wildman–Crippen MR) is 77.4 cm³/mol. The van der Waals surface area contributed by atoms with Gasteiger partial charge in [0.1, 0.15) is 0 Å². The van der Waals surface area contributed by atoms with Crippen LogP contribution in [0.2, 0.25) is 0 Å². The van der Waals surface area contributed by atoms with Gasteiger partial charge in [0.15, 0.2) is 0 Å². The standard InChI is InChI=1S/C16H33N/c1-4-5-6-7-8-9-11-16(12-10-13-16)14-17-15(2)3/h15,17H,4-14H2,1-3H3. The molecule has 0 bridgehead atoms. The van der Waals surface area contributed by atoms with E-state index in [0.29, 0.717) is 11.5 Å². The van der Waals surface area contributed by atoms with Crippen molar-refractivity contribution in [1.29, 1.82) is 0 Å². The monoisotopic (exact) mass is 239 g/mol. The maximum absolute atomic E-state index is 3.65. The van der Waals surface area contributed by atoms with Crippen LogP contribution >= 0.6 is 0 Å². The summed E-state index contributed by atoms with van der Waals surface area (Å²) in [5, 5.41) is 3.65. The van der Waals surface area contributed by atoms with Crippen LogP contribution in [0.15, 0.2) is 0 Å². The summed E-state index contributed by atoms with van der Waals surface area (Å²) < 4.78 is 0. The van der Waals surface area contributed by atoms with Gasteiger partial charge in [0.25, 0.3) is 0 Å². The van der Waals surface area contributed by atoms with E-state index in [0.717, 1.165) is 0 Å². The van der Waals surface area contributed by atoms with Gasteiger partial charge in [-0.05, 0) is 24.7 Å². The molecule has 0 aromatic carbocycles. The number of unbranched alkanes of at least 4 members (excludes halogenated alkanes) is 5. The summed E-state index contributed by atoms with van der Waals surface area (Å²) in [6.07, 6.45) is 14.5. The van der Waals surface area contributed by atoms with Gasteiger partial charge < -0.3 is 5.32 Å². The largest absolute Gasteiger partial charge is 0.314 e. The second-order valence-corrected chi connectivity index (χ2v) is 6.41. The Morgan fingerprint density at radius 3 is 2.18 bits per heavy atom. The molecule has 0 atom stereocenters. The van der Waals surface area contributed by atoms with Crippen molar-refractivity contribution in [2.24, 2.45) is 5.41 Å². The molecule has 0 aromatic rings. The third kappa shape index (κ3) is 5.90. The van der Waals surface area contributed by atoms with E-state index in [-0.39, 0.29) is 0 Å². The van der Waals surface area contributed by atoms with Gasteiger partial charge in [0, 0.05) is 12.6 Å². The highest BCUT2D eigenvalue weighted by Gasteiger charge is 2.35. The highest BCUT2D eigenvalue weighted by Crippen LogP contribution is 2.44. The summed E-state index contributed by atoms with van der Waals surface area (Å²) in [5.41, 5.74) is 0.690. The molecule has 0 amide bonds. The van der Waals surface area contributed by atoms with Gasteiger partial charge in [-0.15, -0.1) is 0 Å². The summed E-state index contributed by atoms with van der Waals surface area (Å²) in [7, 11) is 0. The van der Waals surface area contributed by atoms with Crippen LogP contribution in [-0.2, 0) is 0 Å². The average molecular weight is 239 g/mol. The SMILES string of the molecule is CCCCCCCCC1(CNC(C)C)CCC1. The van der Waals surface area contributed by atoms with Gasteiger partial charge in [-0.1, -0.05) is 65.7 Å². The normalized spacial score (nSPS) is 18.4. The predicted octanol–water partition coefficient (Wildman–Crippen LogP) is 4.91. The molecule has 1 rings (SSSR count). The second-order valence-electron chi connectivity index (χ2n) is 6.41. The third-order valence-corrected chi connectivity index (χ3v) is 4.36. The van der Waals surface area contributed by atoms with Crippen LogP contribution in [0.5, 0.6) is 0 Å². The molecule has 1 saturated carbocycles. The van der Waals surface area contributed by atoms with Crippen LogP contribution < -0.4 is 5.32 Å². The van der Waals surface area contributed by atoms with Crippen molar-refractivity contribution >= 4 is 0 Å². The van der Waals surface area contributed by atoms with E-state index in [4.69, 9.17) is 0 Å². The maximum Gasteiger partial charge on any atom is 0.00106 e. The number of hydrogen-bond acceptors (Lipinski definition) is 1. The molecular formula is C16H33N. The zero-order chi connectivity index (χ0) is 12.6. The van der Waals surface area contributed by atoms with Crippen LogP contribution in [0, 0.1) is 5.41 Å². The van der Waals surface area contributed by atoms with Crippen molar-refractivity contribution in [1.82, 2.24) is 5.32 Å². The van der Waals surface area contributed by atoms with Crippen molar-refractivity contribution in [2.45, 2.75) is 91.0 Å². The molecule has 1 aliphatic rings. The zero-order valence-electron chi connectivity index (χ0n) is 12.4. The molecule has 0 radical (unpaired) electrons. The fourth-order valence-electron chi connectivity index (χ4n) is 2.89. The third-order valence-electron chi connectivity index (χ3n) is 4.36. The lowest BCUT2D eigenvalue weighted by atomic mass is 9.65. The molecule has 0 aromatic heterocycles. The first-order valence-corrected chi connectivity index (χ1v) is 7.92. The van der Waals surface area contributed by atoms with Crippen LogP contribution in [-0.4, -0.2) is 12.6 Å². The van der Waals surface area contributed by atoms with Crippen molar-refractivity contribution in [3.63, 3.8) is 0 Å². The lowest BCUT2D eigenvalue weighted by Gasteiger charge is -2.43. The first-order valence-electron chi connectivity index (χ1n) is 7.92. The molecule has 1 aliphatic carbocycles. The van der Waals surface area contributed by atoms with Gasteiger partial charge >= 0.3 is 0 Å².